The number of piperidine rings is 1. The van der Waals surface area contributed by atoms with Gasteiger partial charge in [-0.2, -0.15) is 0 Å². The Kier molecular flexibility index (Phi) is 5.32. The number of carbonyl (C=O) groups excluding carboxylic acids is 2. The molecule has 2 amide bonds. The first kappa shape index (κ1) is 18.5. The van der Waals surface area contributed by atoms with Crippen molar-refractivity contribution < 1.29 is 9.59 Å². The van der Waals surface area contributed by atoms with Crippen LogP contribution in [0.15, 0.2) is 30.7 Å². The zero-order valence-electron chi connectivity index (χ0n) is 16.1. The highest BCUT2D eigenvalue weighted by atomic mass is 16.2. The second kappa shape index (κ2) is 8.04. The molecule has 7 heteroatoms. The first-order chi connectivity index (χ1) is 13.6. The smallest absolute Gasteiger partial charge is 0.254 e. The summed E-state index contributed by atoms with van der Waals surface area (Å²) in [6, 6.07) is 3.77. The Labute approximate surface area is 164 Å². The largest absolute Gasteiger partial charge is 0.348 e. The monoisotopic (exact) mass is 379 g/mol. The van der Waals surface area contributed by atoms with Gasteiger partial charge < -0.3 is 10.2 Å². The van der Waals surface area contributed by atoms with E-state index in [0.717, 1.165) is 50.0 Å². The average Bonchev–Trinajstić information content (AvgIpc) is 3.58. The van der Waals surface area contributed by atoms with E-state index in [2.05, 4.69) is 20.3 Å². The number of amides is 2. The molecular formula is C21H25N5O2. The van der Waals surface area contributed by atoms with Gasteiger partial charge in [0.25, 0.3) is 5.91 Å². The topological polar surface area (TPSA) is 88.1 Å². The molecule has 3 heterocycles. The van der Waals surface area contributed by atoms with E-state index in [1.54, 1.807) is 18.6 Å². The Morgan fingerprint density at radius 2 is 1.96 bits per heavy atom. The van der Waals surface area contributed by atoms with E-state index in [-0.39, 0.29) is 17.7 Å². The Morgan fingerprint density at radius 3 is 2.64 bits per heavy atom. The number of aromatic nitrogens is 3. The first-order valence-corrected chi connectivity index (χ1v) is 9.91. The number of hydrogen-bond acceptors (Lipinski definition) is 5. The van der Waals surface area contributed by atoms with Gasteiger partial charge in [0.1, 0.15) is 5.82 Å². The van der Waals surface area contributed by atoms with Crippen LogP contribution in [0.4, 0.5) is 0 Å². The molecule has 1 aliphatic carbocycles. The van der Waals surface area contributed by atoms with Crippen molar-refractivity contribution in [3.63, 3.8) is 0 Å². The summed E-state index contributed by atoms with van der Waals surface area (Å²) in [6.45, 7) is 3.72. The number of rotatable bonds is 5. The maximum Gasteiger partial charge on any atom is 0.254 e. The fourth-order valence-corrected chi connectivity index (χ4v) is 3.72. The van der Waals surface area contributed by atoms with Gasteiger partial charge in [0.2, 0.25) is 5.91 Å². The lowest BCUT2D eigenvalue weighted by Crippen LogP contribution is -2.39. The van der Waals surface area contributed by atoms with Crippen molar-refractivity contribution in [2.24, 2.45) is 5.92 Å². The van der Waals surface area contributed by atoms with Crippen molar-refractivity contribution in [1.82, 2.24) is 25.2 Å². The van der Waals surface area contributed by atoms with E-state index in [1.165, 1.54) is 0 Å². The van der Waals surface area contributed by atoms with Crippen molar-refractivity contribution in [2.75, 3.05) is 13.1 Å². The molecule has 0 radical (unpaired) electrons. The lowest BCUT2D eigenvalue weighted by molar-refractivity contribution is -0.133. The third-order valence-corrected chi connectivity index (χ3v) is 5.48. The summed E-state index contributed by atoms with van der Waals surface area (Å²) in [5, 5.41) is 2.94. The number of carbonyl (C=O) groups is 2. The molecule has 0 bridgehead atoms. The summed E-state index contributed by atoms with van der Waals surface area (Å²) in [5.41, 5.74) is 2.27. The summed E-state index contributed by atoms with van der Waals surface area (Å²) in [6.07, 6.45) is 8.79. The molecule has 2 aliphatic rings. The molecule has 28 heavy (non-hydrogen) atoms. The molecule has 0 spiro atoms. The SMILES string of the molecule is Cc1ncc(C(=O)NCc2cccnc2)c(C2CCN(C(=O)C3CC3)CC2)n1. The van der Waals surface area contributed by atoms with Gasteiger partial charge in [0, 0.05) is 50.1 Å². The van der Waals surface area contributed by atoms with E-state index >= 15 is 0 Å². The molecule has 2 fully saturated rings. The Morgan fingerprint density at radius 1 is 1.18 bits per heavy atom. The van der Waals surface area contributed by atoms with Crippen LogP contribution in [0.5, 0.6) is 0 Å². The first-order valence-electron chi connectivity index (χ1n) is 9.91. The van der Waals surface area contributed by atoms with Gasteiger partial charge in [0.15, 0.2) is 0 Å². The summed E-state index contributed by atoms with van der Waals surface area (Å²) in [4.78, 5) is 40.0. The zero-order valence-corrected chi connectivity index (χ0v) is 16.1. The zero-order chi connectivity index (χ0) is 19.5. The molecule has 0 aromatic carbocycles. The van der Waals surface area contributed by atoms with Crippen LogP contribution in [0.2, 0.25) is 0 Å². The predicted octanol–water partition coefficient (Wildman–Crippen LogP) is 2.23. The Bertz CT molecular complexity index is 858. The van der Waals surface area contributed by atoms with Crippen molar-refractivity contribution >= 4 is 11.8 Å². The normalized spacial score (nSPS) is 17.4. The van der Waals surface area contributed by atoms with E-state index < -0.39 is 0 Å². The molecular weight excluding hydrogens is 354 g/mol. The van der Waals surface area contributed by atoms with Crippen LogP contribution in [-0.4, -0.2) is 44.8 Å². The van der Waals surface area contributed by atoms with Gasteiger partial charge >= 0.3 is 0 Å². The Balaban J connectivity index is 1.44. The van der Waals surface area contributed by atoms with Crippen LogP contribution in [0.1, 0.15) is 59.0 Å². The van der Waals surface area contributed by atoms with E-state index in [9.17, 15) is 9.59 Å². The van der Waals surface area contributed by atoms with Gasteiger partial charge in [-0.15, -0.1) is 0 Å². The number of likely N-dealkylation sites (tertiary alicyclic amines) is 1. The molecule has 146 valence electrons. The molecule has 1 aliphatic heterocycles. The number of hydrogen-bond donors (Lipinski definition) is 1. The summed E-state index contributed by atoms with van der Waals surface area (Å²) >= 11 is 0. The van der Waals surface area contributed by atoms with E-state index in [0.29, 0.717) is 23.8 Å². The maximum atomic E-state index is 12.8. The maximum absolute atomic E-state index is 12.8. The average molecular weight is 379 g/mol. The molecule has 0 unspecified atom stereocenters. The van der Waals surface area contributed by atoms with Crippen molar-refractivity contribution in [3.8, 4) is 0 Å². The summed E-state index contributed by atoms with van der Waals surface area (Å²) in [7, 11) is 0. The molecule has 1 saturated carbocycles. The van der Waals surface area contributed by atoms with Gasteiger partial charge in [-0.1, -0.05) is 6.07 Å². The molecule has 0 atom stereocenters. The minimum Gasteiger partial charge on any atom is -0.348 e. The third-order valence-electron chi connectivity index (χ3n) is 5.48. The number of pyridine rings is 1. The summed E-state index contributed by atoms with van der Waals surface area (Å²) in [5.74, 6) is 1.22. The second-order valence-corrected chi connectivity index (χ2v) is 7.63. The minimum atomic E-state index is -0.171. The number of nitrogens with zero attached hydrogens (tertiary/aromatic N) is 4. The van der Waals surface area contributed by atoms with Crippen LogP contribution >= 0.6 is 0 Å². The highest BCUT2D eigenvalue weighted by Gasteiger charge is 2.35. The van der Waals surface area contributed by atoms with Crippen LogP contribution in [0.3, 0.4) is 0 Å². The standard InChI is InChI=1S/C21H25N5O2/c1-14-23-13-18(20(27)24-12-15-3-2-8-22-11-15)19(25-14)16-6-9-26(10-7-16)21(28)17-4-5-17/h2-3,8,11,13,16-17H,4-7,9-10,12H2,1H3,(H,24,27). The quantitative estimate of drug-likeness (QED) is 0.861. The minimum absolute atomic E-state index is 0.170. The van der Waals surface area contributed by atoms with Crippen LogP contribution in [-0.2, 0) is 11.3 Å². The fourth-order valence-electron chi connectivity index (χ4n) is 3.72. The lowest BCUT2D eigenvalue weighted by atomic mass is 9.90. The van der Waals surface area contributed by atoms with Gasteiger partial charge in [-0.3, -0.25) is 14.6 Å². The lowest BCUT2D eigenvalue weighted by Gasteiger charge is -2.32. The number of aryl methyl sites for hydroxylation is 1. The molecule has 7 nitrogen and oxygen atoms in total. The predicted molar refractivity (Wildman–Crippen MR) is 103 cm³/mol. The fraction of sp³-hybridized carbons (Fsp3) is 0.476. The second-order valence-electron chi connectivity index (χ2n) is 7.63. The van der Waals surface area contributed by atoms with Gasteiger partial charge in [0.05, 0.1) is 11.3 Å². The van der Waals surface area contributed by atoms with Crippen LogP contribution < -0.4 is 5.32 Å². The van der Waals surface area contributed by atoms with E-state index in [4.69, 9.17) is 0 Å². The molecule has 4 rings (SSSR count). The summed E-state index contributed by atoms with van der Waals surface area (Å²) < 4.78 is 0. The van der Waals surface area contributed by atoms with Crippen molar-refractivity contribution in [1.29, 1.82) is 0 Å². The van der Waals surface area contributed by atoms with Crippen LogP contribution in [0, 0.1) is 12.8 Å². The Hall–Kier alpha value is -2.83. The number of nitrogens with one attached hydrogen (secondary N) is 1. The highest BCUT2D eigenvalue weighted by Crippen LogP contribution is 2.34. The third kappa shape index (κ3) is 4.18. The highest BCUT2D eigenvalue weighted by molar-refractivity contribution is 5.95. The van der Waals surface area contributed by atoms with Crippen LogP contribution in [0.25, 0.3) is 0 Å². The molecule has 2 aromatic rings. The molecule has 2 aromatic heterocycles. The van der Waals surface area contributed by atoms with Gasteiger partial charge in [-0.25, -0.2) is 9.97 Å². The molecule has 1 N–H and O–H groups in total. The molecule has 1 saturated heterocycles. The van der Waals surface area contributed by atoms with Crippen molar-refractivity contribution in [2.45, 2.75) is 45.1 Å². The van der Waals surface area contributed by atoms with E-state index in [1.807, 2.05) is 24.0 Å². The van der Waals surface area contributed by atoms with Crippen molar-refractivity contribution in [3.05, 3.63) is 53.4 Å². The van der Waals surface area contributed by atoms with Gasteiger partial charge in [-0.05, 0) is 44.2 Å².